The van der Waals surface area contributed by atoms with E-state index in [0.29, 0.717) is 10.6 Å². The molecular weight excluding hydrogens is 263 g/mol. The van der Waals surface area contributed by atoms with Gasteiger partial charge in [0.05, 0.1) is 0 Å². The maximum atomic E-state index is 10.7. The number of aldehydes is 1. The molecule has 1 nitrogen and oxygen atoms in total. The summed E-state index contributed by atoms with van der Waals surface area (Å²) in [5.74, 6) is 0. The summed E-state index contributed by atoms with van der Waals surface area (Å²) >= 11 is 9.42. The van der Waals surface area contributed by atoms with Crippen LogP contribution in [-0.4, -0.2) is 6.29 Å². The second-order valence-corrected chi connectivity index (χ2v) is 4.13. The lowest BCUT2D eigenvalue weighted by molar-refractivity contribution is 0.112. The minimum atomic E-state index is 0.578. The lowest BCUT2D eigenvalue weighted by Crippen LogP contribution is -1.85. The Balaban J connectivity index is 2.94. The molecule has 0 saturated heterocycles. The fourth-order valence-electron chi connectivity index (χ4n) is 1.40. The van der Waals surface area contributed by atoms with Gasteiger partial charge in [-0.1, -0.05) is 35.9 Å². The number of fused-ring (bicyclic) bond motifs is 1. The van der Waals surface area contributed by atoms with E-state index in [1.165, 1.54) is 0 Å². The summed E-state index contributed by atoms with van der Waals surface area (Å²) in [6, 6.07) is 9.36. The zero-order chi connectivity index (χ0) is 10.1. The molecule has 0 unspecified atom stereocenters. The first-order valence-electron chi connectivity index (χ1n) is 4.06. The zero-order valence-corrected chi connectivity index (χ0v) is 9.47. The molecule has 70 valence electrons. The number of carbonyl (C=O) groups is 1. The minimum absolute atomic E-state index is 0.578. The number of hydrogen-bond acceptors (Lipinski definition) is 1. The van der Waals surface area contributed by atoms with Crippen molar-refractivity contribution in [2.75, 3.05) is 0 Å². The van der Waals surface area contributed by atoms with Crippen LogP contribution in [0.5, 0.6) is 0 Å². The van der Waals surface area contributed by atoms with Crippen LogP contribution in [0.1, 0.15) is 10.4 Å². The molecule has 2 rings (SSSR count). The molecule has 0 aliphatic rings. The summed E-state index contributed by atoms with van der Waals surface area (Å²) in [5.41, 5.74) is 0.578. The summed E-state index contributed by atoms with van der Waals surface area (Å²) in [4.78, 5) is 10.7. The monoisotopic (exact) mass is 268 g/mol. The van der Waals surface area contributed by atoms with Gasteiger partial charge in [0.1, 0.15) is 0 Å². The average molecular weight is 270 g/mol. The molecule has 2 aromatic carbocycles. The lowest BCUT2D eigenvalue weighted by atomic mass is 10.1. The van der Waals surface area contributed by atoms with Gasteiger partial charge in [-0.2, -0.15) is 0 Å². The Morgan fingerprint density at radius 3 is 2.50 bits per heavy atom. The summed E-state index contributed by atoms with van der Waals surface area (Å²) in [7, 11) is 0. The Morgan fingerprint density at radius 2 is 1.86 bits per heavy atom. The van der Waals surface area contributed by atoms with E-state index in [2.05, 4.69) is 15.9 Å². The molecule has 0 bridgehead atoms. The molecule has 0 radical (unpaired) electrons. The van der Waals surface area contributed by atoms with Crippen LogP contribution in [0.3, 0.4) is 0 Å². The maximum Gasteiger partial charge on any atom is 0.151 e. The number of halogens is 2. The van der Waals surface area contributed by atoms with E-state index >= 15 is 0 Å². The fraction of sp³-hybridized carbons (Fsp3) is 0. The number of benzene rings is 2. The lowest BCUT2D eigenvalue weighted by Gasteiger charge is -2.04. The molecule has 0 atom stereocenters. The predicted octanol–water partition coefficient (Wildman–Crippen LogP) is 4.07. The van der Waals surface area contributed by atoms with Gasteiger partial charge in [0.15, 0.2) is 6.29 Å². The third-order valence-electron chi connectivity index (χ3n) is 2.08. The Bertz CT molecular complexity index is 508. The highest BCUT2D eigenvalue weighted by Crippen LogP contribution is 2.32. The van der Waals surface area contributed by atoms with Crippen molar-refractivity contribution in [2.24, 2.45) is 0 Å². The molecule has 0 aliphatic carbocycles. The van der Waals surface area contributed by atoms with Gasteiger partial charge in [-0.15, -0.1) is 0 Å². The number of hydrogen-bond donors (Lipinski definition) is 0. The maximum absolute atomic E-state index is 10.7. The van der Waals surface area contributed by atoms with Gasteiger partial charge in [0.2, 0.25) is 0 Å². The van der Waals surface area contributed by atoms with Crippen LogP contribution in [0.25, 0.3) is 10.8 Å². The highest BCUT2D eigenvalue weighted by atomic mass is 79.9. The molecule has 14 heavy (non-hydrogen) atoms. The zero-order valence-electron chi connectivity index (χ0n) is 7.13. The van der Waals surface area contributed by atoms with Gasteiger partial charge in [-0.05, 0) is 27.4 Å². The molecule has 0 amide bonds. The summed E-state index contributed by atoms with van der Waals surface area (Å²) < 4.78 is 0.799. The molecule has 3 heteroatoms. The molecule has 0 N–H and O–H groups in total. The van der Waals surface area contributed by atoms with Crippen LogP contribution in [0.15, 0.2) is 34.8 Å². The van der Waals surface area contributed by atoms with Gasteiger partial charge in [0, 0.05) is 20.4 Å². The summed E-state index contributed by atoms with van der Waals surface area (Å²) in [6.45, 7) is 0. The van der Waals surface area contributed by atoms with Crippen LogP contribution in [0, 0.1) is 0 Å². The van der Waals surface area contributed by atoms with Crippen molar-refractivity contribution in [2.45, 2.75) is 0 Å². The second-order valence-electron chi connectivity index (χ2n) is 2.93. The second kappa shape index (κ2) is 3.71. The molecule has 0 aliphatic heterocycles. The summed E-state index contributed by atoms with van der Waals surface area (Å²) in [5, 5.41) is 2.51. The predicted molar refractivity (Wildman–Crippen MR) is 62.0 cm³/mol. The molecule has 0 aromatic heterocycles. The quantitative estimate of drug-likeness (QED) is 0.713. The van der Waals surface area contributed by atoms with Gasteiger partial charge < -0.3 is 0 Å². The van der Waals surface area contributed by atoms with Crippen molar-refractivity contribution >= 4 is 44.6 Å². The van der Waals surface area contributed by atoms with E-state index in [1.807, 2.05) is 24.3 Å². The topological polar surface area (TPSA) is 17.1 Å². The van der Waals surface area contributed by atoms with E-state index in [0.717, 1.165) is 21.5 Å². The molecule has 2 aromatic rings. The Morgan fingerprint density at radius 1 is 1.21 bits per heavy atom. The number of carbonyl (C=O) groups excluding carboxylic acids is 1. The van der Waals surface area contributed by atoms with Crippen LogP contribution in [0.4, 0.5) is 0 Å². The van der Waals surface area contributed by atoms with Crippen LogP contribution < -0.4 is 0 Å². The molecule has 0 saturated carbocycles. The standard InChI is InChI=1S/C11H6BrClO/c12-11-7(6-14)5-10(13)8-3-1-2-4-9(8)11/h1-6H. The van der Waals surface area contributed by atoms with E-state index in [-0.39, 0.29) is 0 Å². The van der Waals surface area contributed by atoms with Gasteiger partial charge in [0.25, 0.3) is 0 Å². The van der Waals surface area contributed by atoms with Crippen LogP contribution >= 0.6 is 27.5 Å². The Hall–Kier alpha value is -0.860. The van der Waals surface area contributed by atoms with E-state index in [9.17, 15) is 4.79 Å². The highest BCUT2D eigenvalue weighted by Gasteiger charge is 2.07. The van der Waals surface area contributed by atoms with Crippen molar-refractivity contribution in [3.63, 3.8) is 0 Å². The first-order valence-corrected chi connectivity index (χ1v) is 5.23. The molecule has 0 spiro atoms. The van der Waals surface area contributed by atoms with Crippen molar-refractivity contribution in [1.82, 2.24) is 0 Å². The minimum Gasteiger partial charge on any atom is -0.298 e. The molecule has 0 heterocycles. The fourth-order valence-corrected chi connectivity index (χ4v) is 2.24. The molecule has 0 fully saturated rings. The third kappa shape index (κ3) is 1.45. The van der Waals surface area contributed by atoms with Crippen molar-refractivity contribution in [3.05, 3.63) is 45.4 Å². The molecular formula is C11H6BrClO. The van der Waals surface area contributed by atoms with E-state index in [1.54, 1.807) is 6.07 Å². The SMILES string of the molecule is O=Cc1cc(Cl)c2ccccc2c1Br. The summed E-state index contributed by atoms with van der Waals surface area (Å²) in [6.07, 6.45) is 0.794. The Kier molecular flexibility index (Phi) is 2.57. The highest BCUT2D eigenvalue weighted by molar-refractivity contribution is 9.10. The first-order chi connectivity index (χ1) is 6.74. The van der Waals surface area contributed by atoms with E-state index < -0.39 is 0 Å². The van der Waals surface area contributed by atoms with Gasteiger partial charge in [-0.3, -0.25) is 4.79 Å². The third-order valence-corrected chi connectivity index (χ3v) is 3.28. The van der Waals surface area contributed by atoms with Crippen molar-refractivity contribution in [3.8, 4) is 0 Å². The Labute approximate surface area is 94.8 Å². The van der Waals surface area contributed by atoms with Crippen LogP contribution in [0.2, 0.25) is 5.02 Å². The first kappa shape index (κ1) is 9.69. The largest absolute Gasteiger partial charge is 0.298 e. The van der Waals surface area contributed by atoms with Gasteiger partial charge >= 0.3 is 0 Å². The normalized spacial score (nSPS) is 10.4. The smallest absolute Gasteiger partial charge is 0.151 e. The van der Waals surface area contributed by atoms with Crippen molar-refractivity contribution < 1.29 is 4.79 Å². The van der Waals surface area contributed by atoms with E-state index in [4.69, 9.17) is 11.6 Å². The van der Waals surface area contributed by atoms with Gasteiger partial charge in [-0.25, -0.2) is 0 Å². The van der Waals surface area contributed by atoms with Crippen molar-refractivity contribution in [1.29, 1.82) is 0 Å². The van der Waals surface area contributed by atoms with Crippen LogP contribution in [-0.2, 0) is 0 Å². The average Bonchev–Trinajstić information content (AvgIpc) is 2.23. The number of rotatable bonds is 1.